The number of aliphatic carboxylic acids is 1. The number of halogens is 2. The Balaban J connectivity index is 2.04. The van der Waals surface area contributed by atoms with Crippen LogP contribution in [0.5, 0.6) is 0 Å². The van der Waals surface area contributed by atoms with Gasteiger partial charge in [-0.2, -0.15) is 0 Å². The molecule has 0 aromatic heterocycles. The quantitative estimate of drug-likeness (QED) is 0.644. The number of carboxylic acids is 1. The summed E-state index contributed by atoms with van der Waals surface area (Å²) in [6, 6.07) is 10.3. The Bertz CT molecular complexity index is 867. The molecular formula is C17H11BrFNO4. The van der Waals surface area contributed by atoms with Gasteiger partial charge in [-0.15, -0.1) is 0 Å². The molecule has 5 nitrogen and oxygen atoms in total. The average molecular weight is 392 g/mol. The van der Waals surface area contributed by atoms with Crippen LogP contribution < -0.4 is 0 Å². The SMILES string of the molecule is O=C(O)C1C(=O)N(Cc2ccc(Br)cc2F)C(=O)c2ccccc21. The van der Waals surface area contributed by atoms with Gasteiger partial charge in [-0.25, -0.2) is 4.39 Å². The fourth-order valence-electron chi connectivity index (χ4n) is 2.69. The first-order valence-electron chi connectivity index (χ1n) is 7.01. The lowest BCUT2D eigenvalue weighted by atomic mass is 9.88. The molecule has 1 N–H and O–H groups in total. The zero-order valence-electron chi connectivity index (χ0n) is 12.2. The maximum atomic E-state index is 14.0. The minimum Gasteiger partial charge on any atom is -0.480 e. The van der Waals surface area contributed by atoms with Crippen molar-refractivity contribution < 1.29 is 23.9 Å². The van der Waals surface area contributed by atoms with Crippen molar-refractivity contribution in [2.45, 2.75) is 12.5 Å². The van der Waals surface area contributed by atoms with Gasteiger partial charge in [0.2, 0.25) is 5.91 Å². The molecule has 0 fully saturated rings. The van der Waals surface area contributed by atoms with Crippen LogP contribution in [-0.4, -0.2) is 27.8 Å². The van der Waals surface area contributed by atoms with E-state index in [-0.39, 0.29) is 23.2 Å². The summed E-state index contributed by atoms with van der Waals surface area (Å²) in [7, 11) is 0. The van der Waals surface area contributed by atoms with Gasteiger partial charge >= 0.3 is 5.97 Å². The van der Waals surface area contributed by atoms with E-state index in [9.17, 15) is 23.9 Å². The van der Waals surface area contributed by atoms with Crippen LogP contribution in [0.25, 0.3) is 0 Å². The number of carbonyl (C=O) groups is 3. The average Bonchev–Trinajstić information content (AvgIpc) is 2.53. The predicted molar refractivity (Wildman–Crippen MR) is 85.8 cm³/mol. The van der Waals surface area contributed by atoms with Crippen molar-refractivity contribution in [2.75, 3.05) is 0 Å². The molecule has 1 aliphatic heterocycles. The third kappa shape index (κ3) is 2.71. The second-order valence-electron chi connectivity index (χ2n) is 5.32. The van der Waals surface area contributed by atoms with Crippen molar-refractivity contribution in [1.82, 2.24) is 4.90 Å². The van der Waals surface area contributed by atoms with Crippen molar-refractivity contribution in [2.24, 2.45) is 0 Å². The van der Waals surface area contributed by atoms with Gasteiger partial charge in [0.1, 0.15) is 5.82 Å². The van der Waals surface area contributed by atoms with Gasteiger partial charge in [0, 0.05) is 15.6 Å². The maximum absolute atomic E-state index is 14.0. The van der Waals surface area contributed by atoms with E-state index in [1.54, 1.807) is 18.2 Å². The highest BCUT2D eigenvalue weighted by atomic mass is 79.9. The number of fused-ring (bicyclic) bond motifs is 1. The number of hydrogen-bond donors (Lipinski definition) is 1. The van der Waals surface area contributed by atoms with Crippen LogP contribution in [0.15, 0.2) is 46.9 Å². The number of benzene rings is 2. The third-order valence-electron chi connectivity index (χ3n) is 3.85. The molecule has 24 heavy (non-hydrogen) atoms. The minimum absolute atomic E-state index is 0.128. The molecule has 1 atom stereocenters. The lowest BCUT2D eigenvalue weighted by Crippen LogP contribution is -2.46. The van der Waals surface area contributed by atoms with Crippen LogP contribution in [0, 0.1) is 5.82 Å². The summed E-state index contributed by atoms with van der Waals surface area (Å²) in [4.78, 5) is 37.4. The molecule has 0 radical (unpaired) electrons. The Morgan fingerprint density at radius 3 is 2.58 bits per heavy atom. The van der Waals surface area contributed by atoms with Crippen LogP contribution >= 0.6 is 15.9 Å². The molecule has 0 aliphatic carbocycles. The standard InChI is InChI=1S/C17H11BrFNO4/c18-10-6-5-9(13(19)7-10)8-20-15(21)12-4-2-1-3-11(12)14(16(20)22)17(23)24/h1-7,14H,8H2,(H,23,24). The van der Waals surface area contributed by atoms with Crippen molar-refractivity contribution in [3.05, 3.63) is 69.4 Å². The van der Waals surface area contributed by atoms with E-state index in [4.69, 9.17) is 0 Å². The van der Waals surface area contributed by atoms with Crippen LogP contribution in [-0.2, 0) is 16.1 Å². The highest BCUT2D eigenvalue weighted by Crippen LogP contribution is 2.31. The molecule has 0 bridgehead atoms. The summed E-state index contributed by atoms with van der Waals surface area (Å²) in [6.07, 6.45) is 0. The molecular weight excluding hydrogens is 381 g/mol. The number of rotatable bonds is 3. The van der Waals surface area contributed by atoms with Gasteiger partial charge < -0.3 is 5.11 Å². The molecule has 1 aliphatic rings. The normalized spacial score (nSPS) is 16.9. The van der Waals surface area contributed by atoms with Crippen LogP contribution in [0.1, 0.15) is 27.4 Å². The number of carbonyl (C=O) groups excluding carboxylic acids is 2. The number of nitrogens with zero attached hydrogens (tertiary/aromatic N) is 1. The lowest BCUT2D eigenvalue weighted by Gasteiger charge is -2.30. The number of imide groups is 1. The fourth-order valence-corrected chi connectivity index (χ4v) is 3.02. The van der Waals surface area contributed by atoms with Crippen molar-refractivity contribution in [3.8, 4) is 0 Å². The predicted octanol–water partition coefficient (Wildman–Crippen LogP) is 2.94. The van der Waals surface area contributed by atoms with E-state index < -0.39 is 29.5 Å². The molecule has 0 saturated heterocycles. The van der Waals surface area contributed by atoms with E-state index in [0.717, 1.165) is 4.90 Å². The monoisotopic (exact) mass is 391 g/mol. The Kier molecular flexibility index (Phi) is 4.19. The Morgan fingerprint density at radius 1 is 1.21 bits per heavy atom. The second kappa shape index (κ2) is 6.16. The highest BCUT2D eigenvalue weighted by Gasteiger charge is 2.42. The zero-order chi connectivity index (χ0) is 17.4. The van der Waals surface area contributed by atoms with Gasteiger partial charge in [0.25, 0.3) is 5.91 Å². The highest BCUT2D eigenvalue weighted by molar-refractivity contribution is 9.10. The number of amides is 2. The summed E-state index contributed by atoms with van der Waals surface area (Å²) >= 11 is 3.13. The molecule has 122 valence electrons. The maximum Gasteiger partial charge on any atom is 0.320 e. The Hall–Kier alpha value is -2.54. The molecule has 1 unspecified atom stereocenters. The van der Waals surface area contributed by atoms with Gasteiger partial charge in [-0.1, -0.05) is 40.2 Å². The molecule has 7 heteroatoms. The van der Waals surface area contributed by atoms with Crippen molar-refractivity contribution in [3.63, 3.8) is 0 Å². The molecule has 2 amide bonds. The molecule has 0 spiro atoms. The van der Waals surface area contributed by atoms with E-state index in [1.165, 1.54) is 24.3 Å². The van der Waals surface area contributed by atoms with Crippen LogP contribution in [0.4, 0.5) is 4.39 Å². The van der Waals surface area contributed by atoms with E-state index in [0.29, 0.717) is 4.47 Å². The summed E-state index contributed by atoms with van der Waals surface area (Å²) in [5.41, 5.74) is 0.429. The first-order chi connectivity index (χ1) is 11.4. The zero-order valence-corrected chi connectivity index (χ0v) is 13.8. The first-order valence-corrected chi connectivity index (χ1v) is 7.81. The molecule has 3 rings (SSSR count). The Labute approximate surface area is 144 Å². The summed E-state index contributed by atoms with van der Waals surface area (Å²) in [6.45, 7) is -0.325. The molecule has 1 heterocycles. The van der Waals surface area contributed by atoms with Crippen LogP contribution in [0.3, 0.4) is 0 Å². The first kappa shape index (κ1) is 16.3. The minimum atomic E-state index is -1.47. The van der Waals surface area contributed by atoms with Crippen LogP contribution in [0.2, 0.25) is 0 Å². The fraction of sp³-hybridized carbons (Fsp3) is 0.118. The molecule has 2 aromatic rings. The van der Waals surface area contributed by atoms with Gasteiger partial charge in [-0.3, -0.25) is 19.3 Å². The lowest BCUT2D eigenvalue weighted by molar-refractivity contribution is -0.146. The van der Waals surface area contributed by atoms with E-state index >= 15 is 0 Å². The van der Waals surface area contributed by atoms with Crippen molar-refractivity contribution in [1.29, 1.82) is 0 Å². The topological polar surface area (TPSA) is 74.7 Å². The third-order valence-corrected chi connectivity index (χ3v) is 4.34. The van der Waals surface area contributed by atoms with Gasteiger partial charge in [0.15, 0.2) is 5.92 Å². The van der Waals surface area contributed by atoms with E-state index in [2.05, 4.69) is 15.9 Å². The smallest absolute Gasteiger partial charge is 0.320 e. The van der Waals surface area contributed by atoms with E-state index in [1.807, 2.05) is 0 Å². The number of hydrogen-bond acceptors (Lipinski definition) is 3. The molecule has 0 saturated carbocycles. The Morgan fingerprint density at radius 2 is 1.92 bits per heavy atom. The summed E-state index contributed by atoms with van der Waals surface area (Å²) in [5, 5.41) is 9.38. The molecule has 2 aromatic carbocycles. The van der Waals surface area contributed by atoms with Gasteiger partial charge in [0.05, 0.1) is 6.54 Å². The summed E-state index contributed by atoms with van der Waals surface area (Å²) < 4.78 is 14.5. The summed E-state index contributed by atoms with van der Waals surface area (Å²) in [5.74, 6) is -4.90. The second-order valence-corrected chi connectivity index (χ2v) is 6.24. The van der Waals surface area contributed by atoms with Crippen molar-refractivity contribution >= 4 is 33.7 Å². The van der Waals surface area contributed by atoms with Gasteiger partial charge in [-0.05, 0) is 23.8 Å². The largest absolute Gasteiger partial charge is 0.480 e. The number of carboxylic acid groups (broad SMARTS) is 1.